The highest BCUT2D eigenvalue weighted by Crippen LogP contribution is 2.44. The molecule has 260 valence electrons. The maximum atomic E-state index is 2.63. The lowest BCUT2D eigenvalue weighted by atomic mass is 9.93. The van der Waals surface area contributed by atoms with E-state index in [0.29, 0.717) is 0 Å². The summed E-state index contributed by atoms with van der Waals surface area (Å²) < 4.78 is 6.38. The van der Waals surface area contributed by atoms with E-state index in [2.05, 4.69) is 197 Å². The molecule has 6 rings (SSSR count). The van der Waals surface area contributed by atoms with Crippen LogP contribution in [0.15, 0.2) is 72.8 Å². The lowest BCUT2D eigenvalue weighted by Gasteiger charge is -2.33. The summed E-state index contributed by atoms with van der Waals surface area (Å²) in [6.07, 6.45) is 10.5. The third kappa shape index (κ3) is 13.0. The highest BCUT2D eigenvalue weighted by molar-refractivity contribution is 6.95. The molecule has 4 bridgehead atoms. The summed E-state index contributed by atoms with van der Waals surface area (Å²) in [6, 6.07) is 19.9. The fourth-order valence-electron chi connectivity index (χ4n) is 7.12. The highest BCUT2D eigenvalue weighted by Gasteiger charge is 2.38. The van der Waals surface area contributed by atoms with Crippen molar-refractivity contribution < 1.29 is 0 Å². The molecule has 0 aliphatic carbocycles. The van der Waals surface area contributed by atoms with Gasteiger partial charge in [-0.15, -0.1) is 17.7 Å². The molecule has 0 fully saturated rings. The fourth-order valence-corrected chi connectivity index (χ4v) is 16.3. The number of rotatable bonds is 2. The molecule has 4 aliphatic rings. The average molecular weight is 677 g/mol. The zero-order valence-corrected chi connectivity index (χ0v) is 36.8. The van der Waals surface area contributed by atoms with Crippen molar-refractivity contribution in [2.45, 2.75) is 135 Å². The van der Waals surface area contributed by atoms with Crippen molar-refractivity contribution >= 4 is 46.0 Å². The molecule has 2 aromatic carbocycles. The summed E-state index contributed by atoms with van der Waals surface area (Å²) >= 11 is -3.41. The van der Waals surface area contributed by atoms with Crippen molar-refractivity contribution in [1.82, 2.24) is 0 Å². The van der Waals surface area contributed by atoms with E-state index in [1.165, 1.54) is 32.8 Å². The summed E-state index contributed by atoms with van der Waals surface area (Å²) in [6.45, 7) is 43.1. The third-order valence-electron chi connectivity index (χ3n) is 8.59. The van der Waals surface area contributed by atoms with E-state index in [-0.39, 0.29) is 32.5 Å². The average Bonchev–Trinajstić information content (AvgIpc) is 2.87. The van der Waals surface area contributed by atoms with Crippen LogP contribution in [0.5, 0.6) is 0 Å². The smallest absolute Gasteiger partial charge is 0.100 e. The summed E-state index contributed by atoms with van der Waals surface area (Å²) in [7, 11) is 0. The van der Waals surface area contributed by atoms with Gasteiger partial charge in [0.25, 0.3) is 0 Å². The first-order valence-electron chi connectivity index (χ1n) is 18.6. The fraction of sp³-hybridized carbons (Fsp3) is 0.565. The van der Waals surface area contributed by atoms with Crippen LogP contribution in [-0.4, -0.2) is 28.3 Å². The van der Waals surface area contributed by atoms with Crippen LogP contribution >= 0.6 is 0 Å². The zero-order chi connectivity index (χ0) is 36.7. The minimum Gasteiger partial charge on any atom is -0.100 e. The monoisotopic (exact) mass is 677 g/mol. The Labute approximate surface area is 307 Å². The van der Waals surface area contributed by atoms with Gasteiger partial charge in [-0.05, 0) is 54.7 Å². The molecule has 2 aromatic rings. The van der Waals surface area contributed by atoms with Crippen LogP contribution in [0.2, 0.25) is 10.6 Å². The van der Waals surface area contributed by atoms with Gasteiger partial charge in [0, 0.05) is 0 Å². The molecular weight excluding hydrogens is 606 g/mol. The van der Waals surface area contributed by atoms with Crippen molar-refractivity contribution in [2.75, 3.05) is 0 Å². The SMILES string of the molecule is CC(C)(C)/C=[C]1\c2ccc(cc2)/[C](=C\C(C)(C)C)[Al]([CH2]C(C)(C)C)/[C](=C/C(C)(C)C)c2ccc(cc2)/[C](=C\C(C)(C)C)[Al]1[CH2]C(C)(C)C. The predicted molar refractivity (Wildman–Crippen MR) is 223 cm³/mol. The molecule has 0 saturated heterocycles. The van der Waals surface area contributed by atoms with Gasteiger partial charge in [0.2, 0.25) is 0 Å². The second kappa shape index (κ2) is 14.6. The molecule has 0 aromatic heterocycles. The predicted octanol–water partition coefficient (Wildman–Crippen LogP) is 14.4. The van der Waals surface area contributed by atoms with Crippen LogP contribution in [0.1, 0.15) is 147 Å². The Hall–Kier alpha value is -1.54. The molecule has 0 nitrogen and oxygen atoms in total. The quantitative estimate of drug-likeness (QED) is 0.278. The lowest BCUT2D eigenvalue weighted by Crippen LogP contribution is -2.28. The molecule has 0 radical (unpaired) electrons. The first kappa shape index (κ1) is 40.9. The second-order valence-corrected chi connectivity index (χ2v) is 27.2. The molecule has 4 heterocycles. The van der Waals surface area contributed by atoms with Crippen LogP contribution in [0, 0.1) is 32.5 Å². The van der Waals surface area contributed by atoms with Gasteiger partial charge in [-0.25, -0.2) is 0 Å². The van der Waals surface area contributed by atoms with E-state index in [4.69, 9.17) is 0 Å². The maximum Gasteiger partial charge on any atom is 0.347 e. The molecule has 0 atom stereocenters. The Morgan fingerprint density at radius 1 is 0.333 bits per heavy atom. The molecule has 0 spiro atoms. The van der Waals surface area contributed by atoms with Gasteiger partial charge >= 0.3 is 28.3 Å². The van der Waals surface area contributed by atoms with E-state index < -0.39 is 28.3 Å². The summed E-state index contributed by atoms with van der Waals surface area (Å²) in [5.74, 6) is 0. The van der Waals surface area contributed by atoms with Crippen LogP contribution < -0.4 is 0 Å². The van der Waals surface area contributed by atoms with Gasteiger partial charge in [0.1, 0.15) is 0 Å². The molecule has 48 heavy (non-hydrogen) atoms. The molecule has 0 unspecified atom stereocenters. The lowest BCUT2D eigenvalue weighted by molar-refractivity contribution is 0.465. The van der Waals surface area contributed by atoms with E-state index in [0.717, 1.165) is 0 Å². The Morgan fingerprint density at radius 3 is 0.625 bits per heavy atom. The Morgan fingerprint density at radius 2 is 0.500 bits per heavy atom. The van der Waals surface area contributed by atoms with Gasteiger partial charge in [0.05, 0.1) is 0 Å². The number of benzene rings is 2. The number of hydrogen-bond acceptors (Lipinski definition) is 0. The molecule has 2 heteroatoms. The topological polar surface area (TPSA) is 0 Å². The molecular formula is C46H70Al2. The van der Waals surface area contributed by atoms with Crippen molar-refractivity contribution in [1.29, 1.82) is 0 Å². The van der Waals surface area contributed by atoms with Gasteiger partial charge < -0.3 is 0 Å². The maximum absolute atomic E-state index is 2.63. The Bertz CT molecular complexity index is 1290. The summed E-state index contributed by atoms with van der Waals surface area (Å²) in [5, 5.41) is 2.43. The summed E-state index contributed by atoms with van der Waals surface area (Å²) in [4.78, 5) is 0. The number of hydrogen-bond donors (Lipinski definition) is 0. The van der Waals surface area contributed by atoms with Crippen LogP contribution in [0.25, 0.3) is 17.7 Å². The molecule has 0 N–H and O–H groups in total. The van der Waals surface area contributed by atoms with E-state index >= 15 is 0 Å². The minimum atomic E-state index is -1.70. The van der Waals surface area contributed by atoms with Crippen molar-refractivity contribution in [2.24, 2.45) is 32.5 Å². The van der Waals surface area contributed by atoms with Gasteiger partial charge in [-0.3, -0.25) is 0 Å². The first-order valence-corrected chi connectivity index (χ1v) is 22.6. The molecule has 0 saturated carbocycles. The van der Waals surface area contributed by atoms with E-state index in [1.807, 2.05) is 0 Å². The van der Waals surface area contributed by atoms with Crippen molar-refractivity contribution in [3.05, 3.63) is 95.1 Å². The van der Waals surface area contributed by atoms with Crippen LogP contribution in [0.4, 0.5) is 0 Å². The van der Waals surface area contributed by atoms with E-state index in [1.54, 1.807) is 17.7 Å². The summed E-state index contributed by atoms with van der Waals surface area (Å²) in [5.41, 5.74) is 6.40. The first-order chi connectivity index (χ1) is 21.5. The van der Waals surface area contributed by atoms with Crippen LogP contribution in [0.3, 0.4) is 0 Å². The van der Waals surface area contributed by atoms with Gasteiger partial charge in [-0.1, -0.05) is 208 Å². The number of allylic oxidation sites excluding steroid dienone is 4. The second-order valence-electron chi connectivity index (χ2n) is 21.7. The highest BCUT2D eigenvalue weighted by atomic mass is 27.2. The van der Waals surface area contributed by atoms with E-state index in [9.17, 15) is 0 Å². The van der Waals surface area contributed by atoms with Crippen LogP contribution in [-0.2, 0) is 0 Å². The third-order valence-corrected chi connectivity index (χ3v) is 16.9. The Balaban J connectivity index is 2.62. The standard InChI is InChI=1S/2C18H24.2C5H11.2Al/c2*1-17(2,3)13-11-15-7-9-16(10-8-15)12-14-18(4,5)6;2*1-5(2,3)4;;/h2*7-10,13-14H,1-6H3;2*1H2,2-4H3;;. The Kier molecular flexibility index (Phi) is 12.4. The minimum absolute atomic E-state index is 0.0773. The van der Waals surface area contributed by atoms with Gasteiger partial charge in [-0.2, -0.15) is 0 Å². The molecule has 0 amide bonds. The molecule has 4 aliphatic heterocycles. The van der Waals surface area contributed by atoms with Crippen molar-refractivity contribution in [3.63, 3.8) is 0 Å². The largest absolute Gasteiger partial charge is 0.347 e. The zero-order valence-electron chi connectivity index (χ0n) is 34.5. The normalized spacial score (nSPS) is 19.3. The van der Waals surface area contributed by atoms with Crippen molar-refractivity contribution in [3.8, 4) is 0 Å². The van der Waals surface area contributed by atoms with Gasteiger partial charge in [0.15, 0.2) is 0 Å².